The van der Waals surface area contributed by atoms with Crippen molar-refractivity contribution >= 4 is 34.3 Å². The van der Waals surface area contributed by atoms with E-state index in [1.54, 1.807) is 0 Å². The topological polar surface area (TPSA) is 69.6 Å². The van der Waals surface area contributed by atoms with Crippen LogP contribution in [0.4, 0.5) is 0 Å². The lowest BCUT2D eigenvalue weighted by Gasteiger charge is -2.12. The molecule has 1 atom stereocenters. The largest absolute Gasteiger partial charge is 0.480 e. The molecule has 12 heavy (non-hydrogen) atoms. The number of aliphatic hydroxyl groups excluding tert-OH is 1. The summed E-state index contributed by atoms with van der Waals surface area (Å²) in [6, 6.07) is -0.989. The van der Waals surface area contributed by atoms with Crippen LogP contribution < -0.4 is 5.32 Å². The molecule has 0 aromatic heterocycles. The Kier molecular flexibility index (Phi) is 6.04. The van der Waals surface area contributed by atoms with E-state index in [1.807, 2.05) is 6.92 Å². The zero-order chi connectivity index (χ0) is 9.56. The Balaban J connectivity index is 3.85. The van der Waals surface area contributed by atoms with Gasteiger partial charge in [-0.15, -0.1) is 0 Å². The van der Waals surface area contributed by atoms with Gasteiger partial charge in [0.05, 0.1) is 6.61 Å². The summed E-state index contributed by atoms with van der Waals surface area (Å²) >= 11 is 6.13. The molecular weight excluding hydrogens is 198 g/mol. The highest BCUT2D eigenvalue weighted by atomic mass is 32.2. The number of carboxylic acid groups (broad SMARTS) is 1. The van der Waals surface area contributed by atoms with Crippen LogP contribution in [0.1, 0.15) is 6.92 Å². The van der Waals surface area contributed by atoms with E-state index in [0.717, 1.165) is 5.75 Å². The van der Waals surface area contributed by atoms with Gasteiger partial charge < -0.3 is 15.5 Å². The first kappa shape index (κ1) is 11.7. The fourth-order valence-electron chi connectivity index (χ4n) is 0.500. The maximum absolute atomic E-state index is 10.4. The monoisotopic (exact) mass is 209 g/mol. The number of thiocarbonyl (C=S) groups is 1. The van der Waals surface area contributed by atoms with Crippen molar-refractivity contribution in [2.24, 2.45) is 0 Å². The summed E-state index contributed by atoms with van der Waals surface area (Å²) in [5.74, 6) is -0.319. The molecule has 4 nitrogen and oxygen atoms in total. The highest BCUT2D eigenvalue weighted by molar-refractivity contribution is 8.22. The van der Waals surface area contributed by atoms with Crippen LogP contribution in [0, 0.1) is 0 Å². The predicted octanol–water partition coefficient (Wildman–Crippen LogP) is 0.0595. The quantitative estimate of drug-likeness (QED) is 0.569. The minimum absolute atomic E-state index is 0.402. The maximum atomic E-state index is 10.4. The molecule has 0 saturated carbocycles. The summed E-state index contributed by atoms with van der Waals surface area (Å²) < 4.78 is 0.402. The summed E-state index contributed by atoms with van der Waals surface area (Å²) in [4.78, 5) is 10.4. The third-order valence-electron chi connectivity index (χ3n) is 1.05. The van der Waals surface area contributed by atoms with Crippen LogP contribution in [0.15, 0.2) is 0 Å². The zero-order valence-electron chi connectivity index (χ0n) is 6.61. The molecule has 0 unspecified atom stereocenters. The van der Waals surface area contributed by atoms with Gasteiger partial charge in [0, 0.05) is 0 Å². The molecule has 0 aliphatic carbocycles. The highest BCUT2D eigenvalue weighted by Gasteiger charge is 2.16. The van der Waals surface area contributed by atoms with E-state index in [1.165, 1.54) is 11.8 Å². The fraction of sp³-hybridized carbons (Fsp3) is 0.667. The van der Waals surface area contributed by atoms with Gasteiger partial charge in [0.1, 0.15) is 10.4 Å². The molecule has 0 heterocycles. The Morgan fingerprint density at radius 1 is 1.75 bits per heavy atom. The normalized spacial score (nSPS) is 12.2. The Bertz CT molecular complexity index is 174. The lowest BCUT2D eigenvalue weighted by atomic mass is 10.3. The Hall–Kier alpha value is -0.330. The van der Waals surface area contributed by atoms with E-state index in [0.29, 0.717) is 4.32 Å². The van der Waals surface area contributed by atoms with Crippen LogP contribution in [0.5, 0.6) is 0 Å². The molecule has 0 aromatic rings. The van der Waals surface area contributed by atoms with Crippen molar-refractivity contribution in [1.82, 2.24) is 5.32 Å². The first-order valence-electron chi connectivity index (χ1n) is 3.38. The molecule has 0 aliphatic rings. The zero-order valence-corrected chi connectivity index (χ0v) is 8.24. The van der Waals surface area contributed by atoms with Gasteiger partial charge in [0.15, 0.2) is 0 Å². The summed E-state index contributed by atoms with van der Waals surface area (Å²) in [5.41, 5.74) is 0. The van der Waals surface area contributed by atoms with Crippen LogP contribution in [-0.4, -0.2) is 38.9 Å². The molecular formula is C6H11NO3S2. The van der Waals surface area contributed by atoms with Gasteiger partial charge in [-0.1, -0.05) is 30.9 Å². The Morgan fingerprint density at radius 3 is 2.67 bits per heavy atom. The van der Waals surface area contributed by atoms with Crippen LogP contribution in [0.3, 0.4) is 0 Å². The molecule has 6 heteroatoms. The van der Waals surface area contributed by atoms with Gasteiger partial charge in [-0.2, -0.15) is 0 Å². The number of hydrogen-bond acceptors (Lipinski definition) is 4. The number of thioether (sulfide) groups is 1. The fourth-order valence-corrected chi connectivity index (χ4v) is 1.48. The molecule has 0 rings (SSSR count). The first-order valence-corrected chi connectivity index (χ1v) is 4.78. The summed E-state index contributed by atoms with van der Waals surface area (Å²) in [6.45, 7) is 1.45. The lowest BCUT2D eigenvalue weighted by molar-refractivity contribution is -0.139. The van der Waals surface area contributed by atoms with Crippen LogP contribution in [0.25, 0.3) is 0 Å². The SMILES string of the molecule is CCSC(=S)N[C@@H](CO)C(=O)O. The van der Waals surface area contributed by atoms with Crippen LogP contribution in [-0.2, 0) is 4.79 Å². The summed E-state index contributed by atoms with van der Waals surface area (Å²) in [6.07, 6.45) is 0. The lowest BCUT2D eigenvalue weighted by Crippen LogP contribution is -2.41. The molecule has 0 radical (unpaired) electrons. The van der Waals surface area contributed by atoms with E-state index in [9.17, 15) is 4.79 Å². The summed E-state index contributed by atoms with van der Waals surface area (Å²) in [7, 11) is 0. The number of carbonyl (C=O) groups is 1. The molecule has 3 N–H and O–H groups in total. The number of nitrogens with one attached hydrogen (secondary N) is 1. The van der Waals surface area contributed by atoms with Crippen molar-refractivity contribution in [2.75, 3.05) is 12.4 Å². The van der Waals surface area contributed by atoms with Crippen LogP contribution >= 0.6 is 24.0 Å². The average molecular weight is 209 g/mol. The van der Waals surface area contributed by atoms with E-state index in [4.69, 9.17) is 22.4 Å². The first-order chi connectivity index (χ1) is 5.61. The smallest absolute Gasteiger partial charge is 0.328 e. The molecule has 0 aromatic carbocycles. The number of hydrogen-bond donors (Lipinski definition) is 3. The number of rotatable bonds is 4. The second-order valence-electron chi connectivity index (χ2n) is 1.94. The van der Waals surface area contributed by atoms with E-state index >= 15 is 0 Å². The van der Waals surface area contributed by atoms with Gasteiger partial charge >= 0.3 is 5.97 Å². The second-order valence-corrected chi connectivity index (χ2v) is 3.88. The number of carboxylic acids is 1. The maximum Gasteiger partial charge on any atom is 0.328 e. The van der Waals surface area contributed by atoms with Crippen molar-refractivity contribution < 1.29 is 15.0 Å². The number of aliphatic hydroxyl groups is 1. The third kappa shape index (κ3) is 4.53. The van der Waals surface area contributed by atoms with E-state index in [2.05, 4.69) is 5.32 Å². The van der Waals surface area contributed by atoms with Crippen LogP contribution in [0.2, 0.25) is 0 Å². The van der Waals surface area contributed by atoms with E-state index in [-0.39, 0.29) is 0 Å². The molecule has 0 amide bonds. The van der Waals surface area contributed by atoms with Gasteiger partial charge in [0.2, 0.25) is 0 Å². The van der Waals surface area contributed by atoms with Gasteiger partial charge in [-0.05, 0) is 5.75 Å². The molecule has 0 spiro atoms. The van der Waals surface area contributed by atoms with Crippen molar-refractivity contribution in [2.45, 2.75) is 13.0 Å². The Morgan fingerprint density at radius 2 is 2.33 bits per heavy atom. The van der Waals surface area contributed by atoms with Gasteiger partial charge in [-0.25, -0.2) is 4.79 Å². The standard InChI is InChI=1S/C6H11NO3S2/c1-2-12-6(11)7-4(3-8)5(9)10/h4,8H,2-3H2,1H3,(H,7,11)(H,9,10)/t4-/m0/s1. The van der Waals surface area contributed by atoms with Gasteiger partial charge in [0.25, 0.3) is 0 Å². The molecule has 0 saturated heterocycles. The minimum Gasteiger partial charge on any atom is -0.480 e. The average Bonchev–Trinajstić information content (AvgIpc) is 2.00. The molecule has 70 valence electrons. The Labute approximate surface area is 80.3 Å². The van der Waals surface area contributed by atoms with Crippen molar-refractivity contribution in [3.05, 3.63) is 0 Å². The van der Waals surface area contributed by atoms with E-state index < -0.39 is 18.6 Å². The predicted molar refractivity (Wildman–Crippen MR) is 52.4 cm³/mol. The molecule has 0 bridgehead atoms. The molecule has 0 aliphatic heterocycles. The second kappa shape index (κ2) is 6.22. The van der Waals surface area contributed by atoms with Crippen molar-refractivity contribution in [3.8, 4) is 0 Å². The minimum atomic E-state index is -1.10. The van der Waals surface area contributed by atoms with Crippen molar-refractivity contribution in [3.63, 3.8) is 0 Å². The molecule has 0 fully saturated rings. The third-order valence-corrected chi connectivity index (χ3v) is 2.19. The van der Waals surface area contributed by atoms with Crippen molar-refractivity contribution in [1.29, 1.82) is 0 Å². The highest BCUT2D eigenvalue weighted by Crippen LogP contribution is 2.01. The number of aliphatic carboxylic acids is 1. The summed E-state index contributed by atoms with van der Waals surface area (Å²) in [5, 5.41) is 19.6. The van der Waals surface area contributed by atoms with Gasteiger partial charge in [-0.3, -0.25) is 0 Å².